The fourth-order valence-corrected chi connectivity index (χ4v) is 1.37. The van der Waals surface area contributed by atoms with Crippen molar-refractivity contribution in [3.05, 3.63) is 24.0 Å². The number of halogens is 1. The van der Waals surface area contributed by atoms with E-state index >= 15 is 0 Å². The first-order valence-electron chi connectivity index (χ1n) is 4.98. The molecule has 94 valence electrons. The van der Waals surface area contributed by atoms with Crippen LogP contribution in [0.2, 0.25) is 0 Å². The summed E-state index contributed by atoms with van der Waals surface area (Å²) in [5.74, 6) is -1.45. The summed E-state index contributed by atoms with van der Waals surface area (Å²) in [6, 6.07) is 3.38. The van der Waals surface area contributed by atoms with Crippen LogP contribution in [0.3, 0.4) is 0 Å². The lowest BCUT2D eigenvalue weighted by molar-refractivity contribution is -0.138. The Balaban J connectivity index is 2.79. The summed E-state index contributed by atoms with van der Waals surface area (Å²) in [4.78, 5) is 12.2. The second-order valence-electron chi connectivity index (χ2n) is 3.64. The van der Waals surface area contributed by atoms with E-state index in [1.807, 2.05) is 0 Å². The van der Waals surface area contributed by atoms with Gasteiger partial charge in [0.15, 0.2) is 11.6 Å². The average Bonchev–Trinajstić information content (AvgIpc) is 2.28. The van der Waals surface area contributed by atoms with E-state index in [9.17, 15) is 9.18 Å². The van der Waals surface area contributed by atoms with Crippen LogP contribution in [0.15, 0.2) is 18.2 Å². The summed E-state index contributed by atoms with van der Waals surface area (Å²) in [5.41, 5.74) is 5.93. The van der Waals surface area contributed by atoms with Gasteiger partial charge in [0.2, 0.25) is 0 Å². The Morgan fingerprint density at radius 3 is 2.76 bits per heavy atom. The van der Waals surface area contributed by atoms with E-state index in [1.165, 1.54) is 19.2 Å². The van der Waals surface area contributed by atoms with Crippen LogP contribution < -0.4 is 15.4 Å². The standard InChI is InChI=1S/C11H15FN2O3/c1-14(6-9(13)11(15)16)7-3-4-10(17-2)8(12)5-7/h3-5,9H,6,13H2,1-2H3,(H,15,16). The molecule has 17 heavy (non-hydrogen) atoms. The molecule has 0 amide bonds. The van der Waals surface area contributed by atoms with Crippen molar-refractivity contribution < 1.29 is 19.0 Å². The van der Waals surface area contributed by atoms with Crippen LogP contribution in [0.1, 0.15) is 0 Å². The number of benzene rings is 1. The summed E-state index contributed by atoms with van der Waals surface area (Å²) in [6.07, 6.45) is 0. The monoisotopic (exact) mass is 242 g/mol. The van der Waals surface area contributed by atoms with Gasteiger partial charge < -0.3 is 20.5 Å². The van der Waals surface area contributed by atoms with E-state index in [0.717, 1.165) is 0 Å². The van der Waals surface area contributed by atoms with Crippen molar-refractivity contribution >= 4 is 11.7 Å². The number of aliphatic carboxylic acids is 1. The summed E-state index contributed by atoms with van der Waals surface area (Å²) < 4.78 is 18.2. The number of nitrogens with two attached hydrogens (primary N) is 1. The summed E-state index contributed by atoms with van der Waals surface area (Å²) in [7, 11) is 3.02. The smallest absolute Gasteiger partial charge is 0.322 e. The van der Waals surface area contributed by atoms with Crippen LogP contribution in [0.5, 0.6) is 5.75 Å². The maximum atomic E-state index is 13.4. The lowest BCUT2D eigenvalue weighted by Gasteiger charge is -2.21. The highest BCUT2D eigenvalue weighted by molar-refractivity contribution is 5.74. The molecule has 0 aliphatic heterocycles. The molecule has 1 atom stereocenters. The van der Waals surface area contributed by atoms with E-state index in [2.05, 4.69) is 0 Å². The Labute approximate surface area is 98.6 Å². The molecule has 0 heterocycles. The molecule has 0 saturated carbocycles. The summed E-state index contributed by atoms with van der Waals surface area (Å²) in [5, 5.41) is 8.67. The number of likely N-dealkylation sites (N-methyl/N-ethyl adjacent to an activating group) is 1. The number of carbonyl (C=O) groups is 1. The SMILES string of the molecule is COc1ccc(N(C)CC(N)C(=O)O)cc1F. The number of carboxylic acid groups (broad SMARTS) is 1. The Hall–Kier alpha value is -1.82. The lowest BCUT2D eigenvalue weighted by atomic mass is 10.2. The van der Waals surface area contributed by atoms with Crippen molar-refractivity contribution in [3.63, 3.8) is 0 Å². The van der Waals surface area contributed by atoms with Gasteiger partial charge in [-0.1, -0.05) is 0 Å². The molecule has 0 aliphatic rings. The minimum absolute atomic E-state index is 0.0983. The quantitative estimate of drug-likeness (QED) is 0.794. The Morgan fingerprint density at radius 1 is 1.65 bits per heavy atom. The molecule has 0 fully saturated rings. The van der Waals surface area contributed by atoms with E-state index in [-0.39, 0.29) is 12.3 Å². The van der Waals surface area contributed by atoms with Gasteiger partial charge in [0.25, 0.3) is 0 Å². The van der Waals surface area contributed by atoms with Crippen molar-refractivity contribution in [1.82, 2.24) is 0 Å². The molecule has 1 aromatic carbocycles. The van der Waals surface area contributed by atoms with Gasteiger partial charge in [-0.25, -0.2) is 4.39 Å². The molecule has 5 nitrogen and oxygen atoms in total. The van der Waals surface area contributed by atoms with Crippen LogP contribution in [0, 0.1) is 5.82 Å². The Morgan fingerprint density at radius 2 is 2.29 bits per heavy atom. The highest BCUT2D eigenvalue weighted by Gasteiger charge is 2.15. The highest BCUT2D eigenvalue weighted by Crippen LogP contribution is 2.22. The summed E-state index contributed by atoms with van der Waals surface area (Å²) >= 11 is 0. The first-order chi connectivity index (χ1) is 7.95. The first-order valence-corrected chi connectivity index (χ1v) is 4.98. The molecule has 1 rings (SSSR count). The molecule has 0 bridgehead atoms. The van der Waals surface area contributed by atoms with Gasteiger partial charge in [0.1, 0.15) is 6.04 Å². The van der Waals surface area contributed by atoms with E-state index in [4.69, 9.17) is 15.6 Å². The third-order valence-electron chi connectivity index (χ3n) is 2.36. The van der Waals surface area contributed by atoms with Gasteiger partial charge in [-0.3, -0.25) is 4.79 Å². The van der Waals surface area contributed by atoms with E-state index < -0.39 is 17.8 Å². The molecule has 6 heteroatoms. The molecular weight excluding hydrogens is 227 g/mol. The van der Waals surface area contributed by atoms with Gasteiger partial charge in [-0.15, -0.1) is 0 Å². The largest absolute Gasteiger partial charge is 0.494 e. The van der Waals surface area contributed by atoms with Crippen molar-refractivity contribution in [1.29, 1.82) is 0 Å². The normalized spacial score (nSPS) is 12.0. The number of ether oxygens (including phenoxy) is 1. The van der Waals surface area contributed by atoms with Gasteiger partial charge in [-0.2, -0.15) is 0 Å². The zero-order chi connectivity index (χ0) is 13.0. The number of anilines is 1. The Kier molecular flexibility index (Phi) is 4.28. The topological polar surface area (TPSA) is 75.8 Å². The number of nitrogens with zero attached hydrogens (tertiary/aromatic N) is 1. The number of carboxylic acids is 1. The van der Waals surface area contributed by atoms with Crippen molar-refractivity contribution in [2.75, 3.05) is 25.6 Å². The molecule has 3 N–H and O–H groups in total. The second kappa shape index (κ2) is 5.49. The van der Waals surface area contributed by atoms with Crippen LogP contribution in [0.25, 0.3) is 0 Å². The molecule has 0 saturated heterocycles. The highest BCUT2D eigenvalue weighted by atomic mass is 19.1. The van der Waals surface area contributed by atoms with Crippen molar-refractivity contribution in [3.8, 4) is 5.75 Å². The maximum Gasteiger partial charge on any atom is 0.322 e. The van der Waals surface area contributed by atoms with Crippen molar-refractivity contribution in [2.24, 2.45) is 5.73 Å². The summed E-state index contributed by atoms with van der Waals surface area (Å²) in [6.45, 7) is 0.0983. The second-order valence-corrected chi connectivity index (χ2v) is 3.64. The average molecular weight is 242 g/mol. The van der Waals surface area contributed by atoms with Gasteiger partial charge in [0.05, 0.1) is 7.11 Å². The first kappa shape index (κ1) is 13.2. The molecule has 0 radical (unpaired) electrons. The molecule has 0 aromatic heterocycles. The van der Waals surface area contributed by atoms with Crippen LogP contribution in [-0.4, -0.2) is 37.8 Å². The predicted molar refractivity (Wildman–Crippen MR) is 61.8 cm³/mol. The molecule has 1 aromatic rings. The van der Waals surface area contributed by atoms with Gasteiger partial charge in [0, 0.05) is 25.3 Å². The van der Waals surface area contributed by atoms with Crippen LogP contribution in [-0.2, 0) is 4.79 Å². The third kappa shape index (κ3) is 3.32. The van der Waals surface area contributed by atoms with Crippen LogP contribution >= 0.6 is 0 Å². The van der Waals surface area contributed by atoms with E-state index in [0.29, 0.717) is 5.69 Å². The third-order valence-corrected chi connectivity index (χ3v) is 2.36. The van der Waals surface area contributed by atoms with Crippen LogP contribution in [0.4, 0.5) is 10.1 Å². The minimum atomic E-state index is -1.09. The van der Waals surface area contributed by atoms with Gasteiger partial charge in [-0.05, 0) is 12.1 Å². The zero-order valence-electron chi connectivity index (χ0n) is 9.68. The fraction of sp³-hybridized carbons (Fsp3) is 0.364. The molecule has 1 unspecified atom stereocenters. The minimum Gasteiger partial charge on any atom is -0.494 e. The predicted octanol–water partition coefficient (Wildman–Crippen LogP) is 0.682. The van der Waals surface area contributed by atoms with Gasteiger partial charge >= 0.3 is 5.97 Å². The van der Waals surface area contributed by atoms with Crippen molar-refractivity contribution in [2.45, 2.75) is 6.04 Å². The number of rotatable bonds is 5. The number of methoxy groups -OCH3 is 1. The maximum absolute atomic E-state index is 13.4. The molecular formula is C11H15FN2O3. The zero-order valence-corrected chi connectivity index (χ0v) is 9.68. The number of hydrogen-bond acceptors (Lipinski definition) is 4. The fourth-order valence-electron chi connectivity index (χ4n) is 1.37. The lowest BCUT2D eigenvalue weighted by Crippen LogP contribution is -2.41. The molecule has 0 aliphatic carbocycles. The van der Waals surface area contributed by atoms with E-state index in [1.54, 1.807) is 18.0 Å². The Bertz CT molecular complexity index is 412. The number of hydrogen-bond donors (Lipinski definition) is 2. The molecule has 0 spiro atoms.